The van der Waals surface area contributed by atoms with Gasteiger partial charge in [0.25, 0.3) is 5.91 Å². The van der Waals surface area contributed by atoms with Gasteiger partial charge in [-0.05, 0) is 75.1 Å². The van der Waals surface area contributed by atoms with E-state index in [1.54, 1.807) is 32.0 Å². The fourth-order valence-electron chi connectivity index (χ4n) is 2.90. The van der Waals surface area contributed by atoms with Crippen LogP contribution in [0.25, 0.3) is 0 Å². The van der Waals surface area contributed by atoms with E-state index < -0.39 is 12.1 Å². The molecule has 2 aromatic rings. The second-order valence-corrected chi connectivity index (χ2v) is 6.53. The SMILES string of the molecule is CCOC(=O)c1cccc(NC(=O)[C@@H](CC)Oc2cc(C)cc(C)c2)c1C. The lowest BCUT2D eigenvalue weighted by Gasteiger charge is -2.19. The van der Waals surface area contributed by atoms with Gasteiger partial charge >= 0.3 is 5.97 Å². The third-order valence-electron chi connectivity index (χ3n) is 4.22. The topological polar surface area (TPSA) is 64.6 Å². The van der Waals surface area contributed by atoms with E-state index in [0.29, 0.717) is 35.6 Å². The molecule has 0 saturated heterocycles. The van der Waals surface area contributed by atoms with Crippen LogP contribution >= 0.6 is 0 Å². The predicted molar refractivity (Wildman–Crippen MR) is 106 cm³/mol. The highest BCUT2D eigenvalue weighted by atomic mass is 16.5. The van der Waals surface area contributed by atoms with E-state index in [2.05, 4.69) is 11.4 Å². The normalized spacial score (nSPS) is 11.6. The van der Waals surface area contributed by atoms with Crippen molar-refractivity contribution in [3.63, 3.8) is 0 Å². The van der Waals surface area contributed by atoms with Crippen molar-refractivity contribution in [3.8, 4) is 5.75 Å². The highest BCUT2D eigenvalue weighted by Crippen LogP contribution is 2.22. The third kappa shape index (κ3) is 5.33. The van der Waals surface area contributed by atoms with Crippen molar-refractivity contribution >= 4 is 17.6 Å². The molecule has 0 saturated carbocycles. The summed E-state index contributed by atoms with van der Waals surface area (Å²) in [7, 11) is 0. The molecule has 5 heteroatoms. The van der Waals surface area contributed by atoms with Crippen LogP contribution in [0.3, 0.4) is 0 Å². The highest BCUT2D eigenvalue weighted by molar-refractivity contribution is 5.98. The van der Waals surface area contributed by atoms with Crippen LogP contribution in [-0.2, 0) is 9.53 Å². The maximum Gasteiger partial charge on any atom is 0.338 e. The third-order valence-corrected chi connectivity index (χ3v) is 4.22. The molecular weight excluding hydrogens is 342 g/mol. The molecule has 5 nitrogen and oxygen atoms in total. The van der Waals surface area contributed by atoms with Crippen LogP contribution in [0.2, 0.25) is 0 Å². The van der Waals surface area contributed by atoms with Crippen molar-refractivity contribution in [1.82, 2.24) is 0 Å². The van der Waals surface area contributed by atoms with Gasteiger partial charge in [-0.2, -0.15) is 0 Å². The smallest absolute Gasteiger partial charge is 0.338 e. The predicted octanol–water partition coefficient (Wildman–Crippen LogP) is 4.58. The summed E-state index contributed by atoms with van der Waals surface area (Å²) in [6, 6.07) is 11.1. The monoisotopic (exact) mass is 369 g/mol. The Labute approximate surface area is 160 Å². The Bertz CT molecular complexity index is 809. The Kier molecular flexibility index (Phi) is 6.99. The van der Waals surface area contributed by atoms with Crippen LogP contribution in [0, 0.1) is 20.8 Å². The van der Waals surface area contributed by atoms with Crippen LogP contribution in [0.5, 0.6) is 5.75 Å². The number of nitrogens with one attached hydrogen (secondary N) is 1. The van der Waals surface area contributed by atoms with Crippen molar-refractivity contribution in [3.05, 3.63) is 58.7 Å². The van der Waals surface area contributed by atoms with Crippen LogP contribution in [0.1, 0.15) is 47.3 Å². The summed E-state index contributed by atoms with van der Waals surface area (Å²) >= 11 is 0. The fraction of sp³-hybridized carbons (Fsp3) is 0.364. The minimum atomic E-state index is -0.628. The zero-order chi connectivity index (χ0) is 20.0. The van der Waals surface area contributed by atoms with Gasteiger partial charge in [-0.3, -0.25) is 4.79 Å². The van der Waals surface area contributed by atoms with Gasteiger partial charge in [0.2, 0.25) is 0 Å². The Hall–Kier alpha value is -2.82. The molecule has 0 unspecified atom stereocenters. The van der Waals surface area contributed by atoms with E-state index in [-0.39, 0.29) is 5.91 Å². The summed E-state index contributed by atoms with van der Waals surface area (Å²) in [5.41, 5.74) is 3.85. The van der Waals surface area contributed by atoms with Crippen LogP contribution < -0.4 is 10.1 Å². The average Bonchev–Trinajstić information content (AvgIpc) is 2.60. The lowest BCUT2D eigenvalue weighted by Crippen LogP contribution is -2.32. The van der Waals surface area contributed by atoms with Gasteiger partial charge in [0, 0.05) is 5.69 Å². The van der Waals surface area contributed by atoms with Gasteiger partial charge in [0.05, 0.1) is 12.2 Å². The number of hydrogen-bond acceptors (Lipinski definition) is 4. The second-order valence-electron chi connectivity index (χ2n) is 6.53. The molecule has 0 heterocycles. The molecule has 0 radical (unpaired) electrons. The summed E-state index contributed by atoms with van der Waals surface area (Å²) in [4.78, 5) is 24.8. The van der Waals surface area contributed by atoms with E-state index in [0.717, 1.165) is 11.1 Å². The maximum absolute atomic E-state index is 12.7. The molecule has 0 spiro atoms. The molecule has 1 N–H and O–H groups in total. The van der Waals surface area contributed by atoms with Crippen LogP contribution in [0.4, 0.5) is 5.69 Å². The first-order valence-corrected chi connectivity index (χ1v) is 9.18. The number of amides is 1. The first-order chi connectivity index (χ1) is 12.8. The number of rotatable bonds is 7. The number of ether oxygens (including phenoxy) is 2. The molecule has 0 bridgehead atoms. The summed E-state index contributed by atoms with van der Waals surface area (Å²) in [5, 5.41) is 2.88. The summed E-state index contributed by atoms with van der Waals surface area (Å²) in [6.07, 6.45) is -0.105. The molecule has 0 aliphatic heterocycles. The maximum atomic E-state index is 12.7. The van der Waals surface area contributed by atoms with E-state index in [1.165, 1.54) is 0 Å². The zero-order valence-corrected chi connectivity index (χ0v) is 16.6. The number of carbonyl (C=O) groups excluding carboxylic acids is 2. The molecule has 0 aliphatic rings. The lowest BCUT2D eigenvalue weighted by atomic mass is 10.1. The molecular formula is C22H27NO4. The Morgan fingerprint density at radius 3 is 2.30 bits per heavy atom. The van der Waals surface area contributed by atoms with Gasteiger partial charge < -0.3 is 14.8 Å². The zero-order valence-electron chi connectivity index (χ0n) is 16.6. The standard InChI is InChI=1S/C22H27NO4/c1-6-20(27-17-12-14(3)11-15(4)13-17)21(24)23-19-10-8-9-18(16(19)5)22(25)26-7-2/h8-13,20H,6-7H2,1-5H3,(H,23,24)/t20-/m1/s1. The molecule has 0 aliphatic carbocycles. The van der Waals surface area contributed by atoms with Crippen molar-refractivity contribution < 1.29 is 19.1 Å². The van der Waals surface area contributed by atoms with E-state index in [9.17, 15) is 9.59 Å². The molecule has 144 valence electrons. The average molecular weight is 369 g/mol. The minimum absolute atomic E-state index is 0.249. The quantitative estimate of drug-likeness (QED) is 0.725. The van der Waals surface area contributed by atoms with Gasteiger partial charge in [-0.1, -0.05) is 19.1 Å². The molecule has 2 aromatic carbocycles. The van der Waals surface area contributed by atoms with Gasteiger partial charge in [0.15, 0.2) is 6.10 Å². The Balaban J connectivity index is 2.17. The van der Waals surface area contributed by atoms with Crippen molar-refractivity contribution in [2.45, 2.75) is 47.1 Å². The molecule has 1 atom stereocenters. The summed E-state index contributed by atoms with van der Waals surface area (Å²) in [5.74, 6) is 0.0249. The number of esters is 1. The first kappa shape index (κ1) is 20.5. The Morgan fingerprint density at radius 1 is 1.04 bits per heavy atom. The first-order valence-electron chi connectivity index (χ1n) is 9.18. The van der Waals surface area contributed by atoms with Crippen molar-refractivity contribution in [1.29, 1.82) is 0 Å². The fourth-order valence-corrected chi connectivity index (χ4v) is 2.90. The molecule has 2 rings (SSSR count). The van der Waals surface area contributed by atoms with Crippen LogP contribution in [-0.4, -0.2) is 24.6 Å². The molecule has 27 heavy (non-hydrogen) atoms. The number of hydrogen-bond donors (Lipinski definition) is 1. The highest BCUT2D eigenvalue weighted by Gasteiger charge is 2.21. The molecule has 0 fully saturated rings. The van der Waals surface area contributed by atoms with Crippen LogP contribution in [0.15, 0.2) is 36.4 Å². The Morgan fingerprint density at radius 2 is 1.70 bits per heavy atom. The largest absolute Gasteiger partial charge is 0.481 e. The van der Waals surface area contributed by atoms with Gasteiger partial charge in [0.1, 0.15) is 5.75 Å². The van der Waals surface area contributed by atoms with Gasteiger partial charge in [-0.25, -0.2) is 4.79 Å². The lowest BCUT2D eigenvalue weighted by molar-refractivity contribution is -0.122. The summed E-state index contributed by atoms with van der Waals surface area (Å²) < 4.78 is 11.0. The van der Waals surface area contributed by atoms with Gasteiger partial charge in [-0.15, -0.1) is 0 Å². The van der Waals surface area contributed by atoms with E-state index in [4.69, 9.17) is 9.47 Å². The van der Waals surface area contributed by atoms with E-state index in [1.807, 2.05) is 32.9 Å². The molecule has 0 aromatic heterocycles. The van der Waals surface area contributed by atoms with Crippen molar-refractivity contribution in [2.75, 3.05) is 11.9 Å². The van der Waals surface area contributed by atoms with E-state index >= 15 is 0 Å². The summed E-state index contributed by atoms with van der Waals surface area (Å²) in [6.45, 7) is 9.73. The van der Waals surface area contributed by atoms with Crippen molar-refractivity contribution in [2.24, 2.45) is 0 Å². The number of carbonyl (C=O) groups is 2. The molecule has 1 amide bonds. The second kappa shape index (κ2) is 9.21. The number of anilines is 1. The number of benzene rings is 2. The number of aryl methyl sites for hydroxylation is 2. The minimum Gasteiger partial charge on any atom is -0.481 e.